The maximum atomic E-state index is 11.4. The largest absolute Gasteiger partial charge is 0.465 e. The third kappa shape index (κ3) is 3.54. The molecule has 0 heterocycles. The predicted octanol–water partition coefficient (Wildman–Crippen LogP) is 1.06. The van der Waals surface area contributed by atoms with Gasteiger partial charge in [-0.25, -0.2) is 4.79 Å². The van der Waals surface area contributed by atoms with Crippen molar-refractivity contribution in [2.75, 3.05) is 20.3 Å². The fourth-order valence-corrected chi connectivity index (χ4v) is 1.77. The molecule has 0 atom stereocenters. The van der Waals surface area contributed by atoms with Crippen LogP contribution in [0.25, 0.3) is 0 Å². The Kier molecular flexibility index (Phi) is 5.17. The Morgan fingerprint density at radius 1 is 1.53 bits per heavy atom. The molecule has 0 aliphatic heterocycles. The summed E-state index contributed by atoms with van der Waals surface area (Å²) in [5.41, 5.74) is 0.524. The zero-order valence-corrected chi connectivity index (χ0v) is 9.21. The number of nitrogens with one attached hydrogen (secondary N) is 1. The number of carbonyl (C=O) groups is 1. The summed E-state index contributed by atoms with van der Waals surface area (Å²) in [6, 6.07) is 7.15. The van der Waals surface area contributed by atoms with Gasteiger partial charge in [-0.1, -0.05) is 12.1 Å². The van der Waals surface area contributed by atoms with Crippen molar-refractivity contribution >= 4 is 17.9 Å². The van der Waals surface area contributed by atoms with E-state index < -0.39 is 0 Å². The van der Waals surface area contributed by atoms with Gasteiger partial charge in [0.1, 0.15) is 0 Å². The molecule has 1 aromatic rings. The highest BCUT2D eigenvalue weighted by atomic mass is 32.2. The zero-order valence-electron chi connectivity index (χ0n) is 8.40. The van der Waals surface area contributed by atoms with Gasteiger partial charge in [-0.3, -0.25) is 4.72 Å². The zero-order chi connectivity index (χ0) is 11.1. The minimum absolute atomic E-state index is 0.0629. The van der Waals surface area contributed by atoms with Crippen molar-refractivity contribution in [2.45, 2.75) is 4.90 Å². The second-order valence-corrected chi connectivity index (χ2v) is 3.64. The highest BCUT2D eigenvalue weighted by Gasteiger charge is 2.10. The summed E-state index contributed by atoms with van der Waals surface area (Å²) >= 11 is 1.30. The van der Waals surface area contributed by atoms with E-state index in [-0.39, 0.29) is 12.6 Å². The number of hydrogen-bond acceptors (Lipinski definition) is 5. The second-order valence-electron chi connectivity index (χ2n) is 2.71. The molecule has 0 aromatic heterocycles. The van der Waals surface area contributed by atoms with E-state index in [2.05, 4.69) is 9.46 Å². The number of ether oxygens (including phenoxy) is 1. The van der Waals surface area contributed by atoms with Crippen LogP contribution in [0.1, 0.15) is 10.4 Å². The van der Waals surface area contributed by atoms with Gasteiger partial charge in [-0.15, -0.1) is 0 Å². The van der Waals surface area contributed by atoms with E-state index in [1.807, 2.05) is 12.1 Å². The molecular formula is C10H13NO3S. The number of benzene rings is 1. The highest BCUT2D eigenvalue weighted by molar-refractivity contribution is 7.97. The standard InChI is InChI=1S/C10H13NO3S/c1-14-10(13)8-4-2-3-5-9(8)15-11-6-7-12/h2-5,11-12H,6-7H2,1H3. The quantitative estimate of drug-likeness (QED) is 0.447. The van der Waals surface area contributed by atoms with Crippen LogP contribution in [-0.2, 0) is 4.74 Å². The van der Waals surface area contributed by atoms with E-state index in [1.54, 1.807) is 12.1 Å². The number of rotatable bonds is 5. The molecule has 2 N–H and O–H groups in total. The van der Waals surface area contributed by atoms with Crippen LogP contribution in [0.15, 0.2) is 29.2 Å². The maximum Gasteiger partial charge on any atom is 0.339 e. The molecule has 1 aromatic carbocycles. The Hall–Kier alpha value is -1.04. The lowest BCUT2D eigenvalue weighted by Gasteiger charge is -2.06. The molecule has 0 aliphatic carbocycles. The Labute approximate surface area is 92.8 Å². The fraction of sp³-hybridized carbons (Fsp3) is 0.300. The molecule has 1 rings (SSSR count). The van der Waals surface area contributed by atoms with E-state index in [9.17, 15) is 4.79 Å². The summed E-state index contributed by atoms with van der Waals surface area (Å²) in [6.45, 7) is 0.535. The van der Waals surface area contributed by atoms with Gasteiger partial charge in [0, 0.05) is 11.4 Å². The summed E-state index contributed by atoms with van der Waals surface area (Å²) < 4.78 is 7.58. The highest BCUT2D eigenvalue weighted by Crippen LogP contribution is 2.20. The van der Waals surface area contributed by atoms with Crippen molar-refractivity contribution in [1.82, 2.24) is 4.72 Å². The van der Waals surface area contributed by atoms with Gasteiger partial charge < -0.3 is 9.84 Å². The lowest BCUT2D eigenvalue weighted by molar-refractivity contribution is 0.0597. The molecule has 82 valence electrons. The molecule has 15 heavy (non-hydrogen) atoms. The first-order valence-electron chi connectivity index (χ1n) is 4.47. The van der Waals surface area contributed by atoms with E-state index in [0.29, 0.717) is 12.1 Å². The third-order valence-electron chi connectivity index (χ3n) is 1.69. The van der Waals surface area contributed by atoms with Gasteiger partial charge in [-0.05, 0) is 24.1 Å². The third-order valence-corrected chi connectivity index (χ3v) is 2.61. The van der Waals surface area contributed by atoms with Crippen molar-refractivity contribution in [3.8, 4) is 0 Å². The number of carbonyl (C=O) groups excluding carboxylic acids is 1. The molecule has 4 nitrogen and oxygen atoms in total. The molecule has 5 heteroatoms. The first kappa shape index (κ1) is 12.0. The SMILES string of the molecule is COC(=O)c1ccccc1SNCCO. The number of methoxy groups -OCH3 is 1. The lowest BCUT2D eigenvalue weighted by atomic mass is 10.2. The normalized spacial score (nSPS) is 10.0. The molecule has 0 bridgehead atoms. The average molecular weight is 227 g/mol. The van der Waals surface area contributed by atoms with Crippen LogP contribution >= 0.6 is 11.9 Å². The van der Waals surface area contributed by atoms with Crippen LogP contribution in [0.3, 0.4) is 0 Å². The molecule has 0 spiro atoms. The minimum atomic E-state index is -0.358. The Morgan fingerprint density at radius 3 is 2.93 bits per heavy atom. The summed E-state index contributed by atoms with van der Waals surface area (Å²) in [6.07, 6.45) is 0. The van der Waals surface area contributed by atoms with Crippen LogP contribution in [0, 0.1) is 0 Å². The fourth-order valence-electron chi connectivity index (χ4n) is 1.01. The Balaban J connectivity index is 2.73. The Morgan fingerprint density at radius 2 is 2.27 bits per heavy atom. The summed E-state index contributed by atoms with van der Waals surface area (Å²) in [5.74, 6) is -0.358. The topological polar surface area (TPSA) is 58.6 Å². The number of aliphatic hydroxyl groups is 1. The molecule has 0 amide bonds. The van der Waals surface area contributed by atoms with E-state index in [4.69, 9.17) is 5.11 Å². The van der Waals surface area contributed by atoms with E-state index in [0.717, 1.165) is 4.90 Å². The van der Waals surface area contributed by atoms with Crippen LogP contribution in [0.2, 0.25) is 0 Å². The molecule has 0 radical (unpaired) electrons. The molecule has 0 aliphatic rings. The molecule has 0 saturated carbocycles. The Bertz CT molecular complexity index is 330. The second kappa shape index (κ2) is 6.44. The van der Waals surface area contributed by atoms with Gasteiger partial charge in [0.05, 0.1) is 19.3 Å². The summed E-state index contributed by atoms with van der Waals surface area (Å²) in [7, 11) is 1.35. The number of aliphatic hydroxyl groups excluding tert-OH is 1. The van der Waals surface area contributed by atoms with Crippen LogP contribution in [-0.4, -0.2) is 31.3 Å². The van der Waals surface area contributed by atoms with Gasteiger partial charge in [-0.2, -0.15) is 0 Å². The number of esters is 1. The lowest BCUT2D eigenvalue weighted by Crippen LogP contribution is -2.11. The van der Waals surface area contributed by atoms with Gasteiger partial charge in [0.25, 0.3) is 0 Å². The average Bonchev–Trinajstić information content (AvgIpc) is 2.29. The molecule has 0 saturated heterocycles. The van der Waals surface area contributed by atoms with Crippen molar-refractivity contribution in [3.05, 3.63) is 29.8 Å². The first-order valence-corrected chi connectivity index (χ1v) is 5.29. The predicted molar refractivity (Wildman–Crippen MR) is 58.7 cm³/mol. The molecule has 0 fully saturated rings. The van der Waals surface area contributed by atoms with Crippen LogP contribution in [0.4, 0.5) is 0 Å². The van der Waals surface area contributed by atoms with Gasteiger partial charge in [0.15, 0.2) is 0 Å². The van der Waals surface area contributed by atoms with E-state index in [1.165, 1.54) is 19.1 Å². The number of hydrogen-bond donors (Lipinski definition) is 2. The maximum absolute atomic E-state index is 11.4. The van der Waals surface area contributed by atoms with Crippen molar-refractivity contribution in [2.24, 2.45) is 0 Å². The van der Waals surface area contributed by atoms with Crippen molar-refractivity contribution in [3.63, 3.8) is 0 Å². The minimum Gasteiger partial charge on any atom is -0.465 e. The molecule has 0 unspecified atom stereocenters. The van der Waals surface area contributed by atoms with Crippen LogP contribution < -0.4 is 4.72 Å². The summed E-state index contributed by atoms with van der Waals surface area (Å²) in [4.78, 5) is 12.1. The first-order chi connectivity index (χ1) is 7.29. The van der Waals surface area contributed by atoms with Crippen molar-refractivity contribution < 1.29 is 14.6 Å². The van der Waals surface area contributed by atoms with Crippen molar-refractivity contribution in [1.29, 1.82) is 0 Å². The molecular weight excluding hydrogens is 214 g/mol. The smallest absolute Gasteiger partial charge is 0.339 e. The summed E-state index contributed by atoms with van der Waals surface area (Å²) in [5, 5.41) is 8.60. The monoisotopic (exact) mass is 227 g/mol. The van der Waals surface area contributed by atoms with E-state index >= 15 is 0 Å². The van der Waals surface area contributed by atoms with Gasteiger partial charge >= 0.3 is 5.97 Å². The van der Waals surface area contributed by atoms with Crippen LogP contribution in [0.5, 0.6) is 0 Å². The van der Waals surface area contributed by atoms with Gasteiger partial charge in [0.2, 0.25) is 0 Å².